The molecule has 1 aliphatic rings. The van der Waals surface area contributed by atoms with Gasteiger partial charge in [-0.1, -0.05) is 26.8 Å². The average Bonchev–Trinajstić information content (AvgIpc) is 3.31. The van der Waals surface area contributed by atoms with E-state index in [9.17, 15) is 19.1 Å². The van der Waals surface area contributed by atoms with Crippen LogP contribution in [0.4, 0.5) is 20.7 Å². The number of nitrogens with zero attached hydrogens (tertiary/aromatic N) is 5. The van der Waals surface area contributed by atoms with Crippen LogP contribution in [0.3, 0.4) is 0 Å². The van der Waals surface area contributed by atoms with Crippen molar-refractivity contribution in [2.75, 3.05) is 23.3 Å². The molecule has 1 aromatic carbocycles. The van der Waals surface area contributed by atoms with Gasteiger partial charge in [0.2, 0.25) is 5.91 Å². The van der Waals surface area contributed by atoms with Gasteiger partial charge in [0.15, 0.2) is 11.6 Å². The fourth-order valence-electron chi connectivity index (χ4n) is 4.98. The standard InChI is InChI=1S/C28H35FN6O3/c1-18-13-24(32-26-23(29)7-6-10-30-26)22-14-20(8-9-25(22)35(18)19(2)36)21-15-31-34(16-21)12-11-33(27(37)38)17-28(3,4)5/h6-10,14-16,18,24H,11-13,17H2,1-5H3,(H,30,32)(H,37,38)/p-1/t18-,24+/m0/s1. The maximum absolute atomic E-state index is 14.4. The van der Waals surface area contributed by atoms with E-state index in [1.165, 1.54) is 17.2 Å². The Labute approximate surface area is 222 Å². The van der Waals surface area contributed by atoms with E-state index in [-0.39, 0.29) is 35.8 Å². The molecule has 4 rings (SSSR count). The van der Waals surface area contributed by atoms with Crippen LogP contribution < -0.4 is 15.3 Å². The Hall–Kier alpha value is -3.95. The highest BCUT2D eigenvalue weighted by Gasteiger charge is 2.33. The van der Waals surface area contributed by atoms with Crippen molar-refractivity contribution in [1.29, 1.82) is 0 Å². The highest BCUT2D eigenvalue weighted by molar-refractivity contribution is 5.94. The number of fused-ring (bicyclic) bond motifs is 1. The van der Waals surface area contributed by atoms with Crippen molar-refractivity contribution in [2.45, 2.75) is 59.7 Å². The van der Waals surface area contributed by atoms with Crippen LogP contribution in [0.5, 0.6) is 0 Å². The lowest BCUT2D eigenvalue weighted by atomic mass is 9.89. The number of benzene rings is 1. The number of carbonyl (C=O) groups excluding carboxylic acids is 2. The van der Waals surface area contributed by atoms with Crippen molar-refractivity contribution in [3.8, 4) is 11.1 Å². The Kier molecular flexibility index (Phi) is 7.71. The van der Waals surface area contributed by atoms with Gasteiger partial charge in [0.1, 0.15) is 6.09 Å². The van der Waals surface area contributed by atoms with Crippen molar-refractivity contribution >= 4 is 23.5 Å². The lowest BCUT2D eigenvalue weighted by Crippen LogP contribution is -2.46. The lowest BCUT2D eigenvalue weighted by molar-refractivity contribution is -0.266. The number of halogens is 1. The van der Waals surface area contributed by atoms with Gasteiger partial charge in [0, 0.05) is 49.7 Å². The molecule has 2 amide bonds. The smallest absolute Gasteiger partial charge is 0.224 e. The second-order valence-electron chi connectivity index (χ2n) is 11.0. The van der Waals surface area contributed by atoms with Crippen molar-refractivity contribution < 1.29 is 19.1 Å². The Morgan fingerprint density at radius 1 is 1.24 bits per heavy atom. The first-order chi connectivity index (χ1) is 17.9. The van der Waals surface area contributed by atoms with Crippen LogP contribution >= 0.6 is 0 Å². The summed E-state index contributed by atoms with van der Waals surface area (Å²) < 4.78 is 16.1. The summed E-state index contributed by atoms with van der Waals surface area (Å²) in [5, 5.41) is 19.2. The minimum absolute atomic E-state index is 0.0606. The van der Waals surface area contributed by atoms with Gasteiger partial charge < -0.3 is 25.0 Å². The predicted octanol–water partition coefficient (Wildman–Crippen LogP) is 4.07. The fraction of sp³-hybridized carbons (Fsp3) is 0.429. The number of pyridine rings is 1. The molecule has 3 aromatic rings. The van der Waals surface area contributed by atoms with Crippen LogP contribution in [0.15, 0.2) is 48.9 Å². The van der Waals surface area contributed by atoms with Crippen molar-refractivity contribution in [3.63, 3.8) is 0 Å². The summed E-state index contributed by atoms with van der Waals surface area (Å²) in [4.78, 5) is 31.3. The van der Waals surface area contributed by atoms with Gasteiger partial charge in [0.05, 0.1) is 18.8 Å². The summed E-state index contributed by atoms with van der Waals surface area (Å²) in [7, 11) is 0. The third-order valence-corrected chi connectivity index (χ3v) is 6.58. The van der Waals surface area contributed by atoms with Crippen molar-refractivity contribution in [1.82, 2.24) is 19.7 Å². The lowest BCUT2D eigenvalue weighted by Gasteiger charge is -2.39. The number of carboxylic acid groups (broad SMARTS) is 1. The SMILES string of the molecule is CC(=O)N1c2ccc(-c3cnn(CCN(CC(C)(C)C)C(=O)[O-])c3)cc2[C@H](Nc2ncccc2F)C[C@@H]1C. The number of anilines is 2. The third-order valence-electron chi connectivity index (χ3n) is 6.58. The molecule has 0 aliphatic carbocycles. The number of rotatable bonds is 7. The number of hydrogen-bond acceptors (Lipinski definition) is 6. The highest BCUT2D eigenvalue weighted by atomic mass is 19.1. The van der Waals surface area contributed by atoms with Crippen LogP contribution in [0.1, 0.15) is 52.6 Å². The molecule has 10 heteroatoms. The largest absolute Gasteiger partial charge is 0.530 e. The van der Waals surface area contributed by atoms with Crippen LogP contribution in [0.25, 0.3) is 11.1 Å². The minimum Gasteiger partial charge on any atom is -0.530 e. The maximum atomic E-state index is 14.4. The first-order valence-corrected chi connectivity index (χ1v) is 12.7. The van der Waals surface area contributed by atoms with Crippen LogP contribution in [-0.2, 0) is 11.3 Å². The molecule has 2 aromatic heterocycles. The van der Waals surface area contributed by atoms with Crippen molar-refractivity contribution in [3.05, 3.63) is 60.3 Å². The van der Waals surface area contributed by atoms with E-state index in [1.54, 1.807) is 28.8 Å². The van der Waals surface area contributed by atoms with Gasteiger partial charge in [-0.3, -0.25) is 9.48 Å². The molecule has 0 fully saturated rings. The summed E-state index contributed by atoms with van der Waals surface area (Å²) in [6, 6.07) is 8.38. The average molecular weight is 522 g/mol. The molecule has 1 aliphatic heterocycles. The molecule has 202 valence electrons. The Morgan fingerprint density at radius 3 is 2.66 bits per heavy atom. The van der Waals surface area contributed by atoms with E-state index in [4.69, 9.17) is 0 Å². The molecule has 9 nitrogen and oxygen atoms in total. The summed E-state index contributed by atoms with van der Waals surface area (Å²) in [5.74, 6) is -0.336. The number of nitrogens with one attached hydrogen (secondary N) is 1. The molecule has 2 atom stereocenters. The van der Waals surface area contributed by atoms with E-state index in [1.807, 2.05) is 52.1 Å². The summed E-state index contributed by atoms with van der Waals surface area (Å²) in [6.45, 7) is 10.5. The maximum Gasteiger partial charge on any atom is 0.224 e. The van der Waals surface area contributed by atoms with Gasteiger partial charge in [0.25, 0.3) is 0 Å². The molecule has 0 radical (unpaired) electrons. The second-order valence-corrected chi connectivity index (χ2v) is 11.0. The normalized spacial score (nSPS) is 17.2. The van der Waals surface area contributed by atoms with Crippen molar-refractivity contribution in [2.24, 2.45) is 5.41 Å². The Morgan fingerprint density at radius 2 is 2.00 bits per heavy atom. The van der Waals surface area contributed by atoms with Gasteiger partial charge >= 0.3 is 0 Å². The van der Waals surface area contributed by atoms with Gasteiger partial charge in [-0.15, -0.1) is 0 Å². The van der Waals surface area contributed by atoms with E-state index < -0.39 is 11.9 Å². The number of aromatic nitrogens is 3. The molecule has 0 saturated heterocycles. The zero-order valence-electron chi connectivity index (χ0n) is 22.4. The number of amides is 2. The minimum atomic E-state index is -1.20. The fourth-order valence-corrected chi connectivity index (χ4v) is 4.98. The molecule has 38 heavy (non-hydrogen) atoms. The molecule has 0 bridgehead atoms. The summed E-state index contributed by atoms with van der Waals surface area (Å²) >= 11 is 0. The Balaban J connectivity index is 1.60. The zero-order chi connectivity index (χ0) is 27.6. The molecule has 1 N–H and O–H groups in total. The third kappa shape index (κ3) is 6.12. The topological polar surface area (TPSA) is 106 Å². The van der Waals surface area contributed by atoms with Crippen LogP contribution in [0.2, 0.25) is 0 Å². The molecule has 0 spiro atoms. The monoisotopic (exact) mass is 521 g/mol. The van der Waals surface area contributed by atoms with Gasteiger partial charge in [-0.2, -0.15) is 5.10 Å². The molecule has 0 saturated carbocycles. The predicted molar refractivity (Wildman–Crippen MR) is 142 cm³/mol. The van der Waals surface area contributed by atoms with Crippen LogP contribution in [-0.4, -0.2) is 50.8 Å². The molecular formula is C28H34FN6O3-. The quantitative estimate of drug-likeness (QED) is 0.502. The zero-order valence-corrected chi connectivity index (χ0v) is 22.4. The van der Waals surface area contributed by atoms with E-state index in [0.717, 1.165) is 22.4 Å². The van der Waals surface area contributed by atoms with E-state index >= 15 is 0 Å². The second kappa shape index (κ2) is 10.8. The summed E-state index contributed by atoms with van der Waals surface area (Å²) in [5.41, 5.74) is 3.18. The molecule has 0 unspecified atom stereocenters. The highest BCUT2D eigenvalue weighted by Crippen LogP contribution is 2.41. The number of carbonyl (C=O) groups is 2. The number of hydrogen-bond donors (Lipinski definition) is 1. The Bertz CT molecular complexity index is 1320. The first-order valence-electron chi connectivity index (χ1n) is 12.7. The van der Waals surface area contributed by atoms with Gasteiger partial charge in [-0.05, 0) is 54.2 Å². The van der Waals surface area contributed by atoms with E-state index in [0.29, 0.717) is 19.5 Å². The van der Waals surface area contributed by atoms with E-state index in [2.05, 4.69) is 15.4 Å². The first kappa shape index (κ1) is 27.1. The van der Waals surface area contributed by atoms with Crippen LogP contribution in [0, 0.1) is 11.2 Å². The summed E-state index contributed by atoms with van der Waals surface area (Å²) in [6.07, 6.45) is 4.51. The molecule has 3 heterocycles. The molecular weight excluding hydrogens is 487 g/mol. The van der Waals surface area contributed by atoms with Gasteiger partial charge in [-0.25, -0.2) is 9.37 Å².